The quantitative estimate of drug-likeness (QED) is 0.663. The maximum Gasteiger partial charge on any atom is 0.237 e. The third-order valence-electron chi connectivity index (χ3n) is 3.30. The molecule has 0 aliphatic heterocycles. The molecule has 0 spiro atoms. The molecule has 1 aromatic heterocycles. The minimum absolute atomic E-state index is 0.164. The normalized spacial score (nSPS) is 11.5. The topological polar surface area (TPSA) is 87.9 Å². The van der Waals surface area contributed by atoms with Crippen LogP contribution in [0.3, 0.4) is 0 Å². The van der Waals surface area contributed by atoms with E-state index in [-0.39, 0.29) is 5.91 Å². The Morgan fingerprint density at radius 1 is 1.29 bits per heavy atom. The van der Waals surface area contributed by atoms with Crippen LogP contribution in [0.1, 0.15) is 24.0 Å². The van der Waals surface area contributed by atoms with Gasteiger partial charge in [-0.05, 0) is 45.0 Å². The number of carbonyl (C=O) groups is 1. The van der Waals surface area contributed by atoms with E-state index in [1.165, 1.54) is 11.8 Å². The van der Waals surface area contributed by atoms with Gasteiger partial charge in [-0.2, -0.15) is 5.26 Å². The van der Waals surface area contributed by atoms with Gasteiger partial charge in [-0.3, -0.25) is 4.79 Å². The Labute approximate surface area is 145 Å². The van der Waals surface area contributed by atoms with E-state index >= 15 is 0 Å². The van der Waals surface area contributed by atoms with E-state index in [1.54, 1.807) is 52.1 Å². The first-order valence-corrected chi connectivity index (χ1v) is 8.19. The molecule has 0 aliphatic carbocycles. The van der Waals surface area contributed by atoms with Crippen LogP contribution in [0, 0.1) is 25.2 Å². The number of ether oxygens (including phenoxy) is 1. The number of methoxy groups -OCH3 is 1. The van der Waals surface area contributed by atoms with Crippen LogP contribution in [-0.2, 0) is 4.79 Å². The zero-order chi connectivity index (χ0) is 17.7. The highest BCUT2D eigenvalue weighted by Gasteiger charge is 2.19. The number of rotatable bonds is 5. The van der Waals surface area contributed by atoms with Crippen LogP contribution >= 0.6 is 11.8 Å². The summed E-state index contributed by atoms with van der Waals surface area (Å²) < 4.78 is 5.09. The van der Waals surface area contributed by atoms with E-state index in [0.29, 0.717) is 27.8 Å². The van der Waals surface area contributed by atoms with Gasteiger partial charge in [0.05, 0.1) is 18.1 Å². The van der Waals surface area contributed by atoms with Crippen LogP contribution in [0.4, 0.5) is 5.69 Å². The molecule has 0 saturated carbocycles. The molecule has 24 heavy (non-hydrogen) atoms. The number of nitrogens with one attached hydrogen (secondary N) is 1. The Kier molecular flexibility index (Phi) is 5.77. The lowest BCUT2D eigenvalue weighted by molar-refractivity contribution is -0.115. The van der Waals surface area contributed by atoms with Crippen molar-refractivity contribution in [2.45, 2.75) is 31.0 Å². The fraction of sp³-hybridized carbons (Fsp3) is 0.294. The summed E-state index contributed by atoms with van der Waals surface area (Å²) >= 11 is 1.25. The summed E-state index contributed by atoms with van der Waals surface area (Å²) in [6, 6.07) is 9.20. The molecule has 0 aliphatic rings. The predicted octanol–water partition coefficient (Wildman–Crippen LogP) is 3.09. The largest absolute Gasteiger partial charge is 0.497 e. The van der Waals surface area contributed by atoms with E-state index in [4.69, 9.17) is 4.74 Å². The molecule has 1 amide bonds. The van der Waals surface area contributed by atoms with Gasteiger partial charge in [0.25, 0.3) is 0 Å². The maximum atomic E-state index is 12.4. The summed E-state index contributed by atoms with van der Waals surface area (Å²) in [5, 5.41) is 12.2. The number of carbonyl (C=O) groups excluding carboxylic acids is 1. The van der Waals surface area contributed by atoms with Gasteiger partial charge in [-0.15, -0.1) is 0 Å². The first-order valence-electron chi connectivity index (χ1n) is 7.31. The van der Waals surface area contributed by atoms with Gasteiger partial charge in [-0.1, -0.05) is 11.8 Å². The van der Waals surface area contributed by atoms with Gasteiger partial charge in [0.1, 0.15) is 28.2 Å². The van der Waals surface area contributed by atoms with Crippen LogP contribution in [-0.4, -0.2) is 28.2 Å². The second-order valence-electron chi connectivity index (χ2n) is 5.13. The number of amides is 1. The molecule has 6 nitrogen and oxygen atoms in total. The Hall–Kier alpha value is -2.59. The highest BCUT2D eigenvalue weighted by Crippen LogP contribution is 2.27. The smallest absolute Gasteiger partial charge is 0.237 e. The molecule has 0 bridgehead atoms. The monoisotopic (exact) mass is 342 g/mol. The van der Waals surface area contributed by atoms with Crippen molar-refractivity contribution >= 4 is 23.4 Å². The van der Waals surface area contributed by atoms with Crippen molar-refractivity contribution in [3.63, 3.8) is 0 Å². The Morgan fingerprint density at radius 2 is 1.96 bits per heavy atom. The van der Waals surface area contributed by atoms with Crippen molar-refractivity contribution in [3.8, 4) is 11.8 Å². The lowest BCUT2D eigenvalue weighted by atomic mass is 10.3. The third-order valence-corrected chi connectivity index (χ3v) is 4.38. The fourth-order valence-corrected chi connectivity index (χ4v) is 3.03. The van der Waals surface area contributed by atoms with E-state index in [9.17, 15) is 10.1 Å². The number of nitriles is 1. The zero-order valence-corrected chi connectivity index (χ0v) is 14.8. The molecule has 1 heterocycles. The first-order chi connectivity index (χ1) is 11.4. The average Bonchev–Trinajstić information content (AvgIpc) is 2.55. The number of anilines is 1. The average molecular weight is 342 g/mol. The first kappa shape index (κ1) is 17.8. The summed E-state index contributed by atoms with van der Waals surface area (Å²) in [5.41, 5.74) is 1.72. The Balaban J connectivity index is 2.10. The van der Waals surface area contributed by atoms with E-state index in [0.717, 1.165) is 5.75 Å². The number of hydrogen-bond donors (Lipinski definition) is 1. The van der Waals surface area contributed by atoms with Crippen LogP contribution < -0.4 is 10.1 Å². The van der Waals surface area contributed by atoms with Gasteiger partial charge in [-0.25, -0.2) is 9.97 Å². The standard InChI is InChI=1S/C17H18N4O2S/c1-10-15(9-18)17(20-12(3)19-10)24-11(2)16(22)21-13-5-7-14(23-4)8-6-13/h5-8,11H,1-4H3,(H,21,22). The minimum atomic E-state index is -0.409. The summed E-state index contributed by atoms with van der Waals surface area (Å²) in [6.45, 7) is 5.30. The Morgan fingerprint density at radius 3 is 2.54 bits per heavy atom. The molecule has 124 valence electrons. The second-order valence-corrected chi connectivity index (χ2v) is 6.46. The molecular weight excluding hydrogens is 324 g/mol. The molecule has 1 N–H and O–H groups in total. The molecule has 1 unspecified atom stereocenters. The molecule has 7 heteroatoms. The molecule has 1 aromatic carbocycles. The summed E-state index contributed by atoms with van der Waals surface area (Å²) in [5.74, 6) is 1.14. The number of aryl methyl sites for hydroxylation is 2. The zero-order valence-electron chi connectivity index (χ0n) is 14.0. The number of thioether (sulfide) groups is 1. The van der Waals surface area contributed by atoms with Crippen LogP contribution in [0.2, 0.25) is 0 Å². The fourth-order valence-electron chi connectivity index (χ4n) is 2.03. The molecule has 1 atom stereocenters. The van der Waals surface area contributed by atoms with E-state index in [1.807, 2.05) is 0 Å². The Bertz CT molecular complexity index is 784. The third kappa shape index (κ3) is 4.24. The number of aromatic nitrogens is 2. The summed E-state index contributed by atoms with van der Waals surface area (Å²) in [7, 11) is 1.59. The lowest BCUT2D eigenvalue weighted by Gasteiger charge is -2.13. The molecule has 0 saturated heterocycles. The SMILES string of the molecule is COc1ccc(NC(=O)C(C)Sc2nc(C)nc(C)c2C#N)cc1. The van der Waals surface area contributed by atoms with Crippen molar-refractivity contribution in [2.75, 3.05) is 12.4 Å². The number of nitrogens with zero attached hydrogens (tertiary/aromatic N) is 3. The summed E-state index contributed by atoms with van der Waals surface area (Å²) in [6.07, 6.45) is 0. The van der Waals surface area contributed by atoms with E-state index < -0.39 is 5.25 Å². The molecule has 2 rings (SSSR count). The second kappa shape index (κ2) is 7.79. The number of hydrogen-bond acceptors (Lipinski definition) is 6. The van der Waals surface area contributed by atoms with Crippen LogP contribution in [0.15, 0.2) is 29.3 Å². The highest BCUT2D eigenvalue weighted by molar-refractivity contribution is 8.00. The van der Waals surface area contributed by atoms with Gasteiger partial charge in [0, 0.05) is 5.69 Å². The van der Waals surface area contributed by atoms with Gasteiger partial charge < -0.3 is 10.1 Å². The van der Waals surface area contributed by atoms with Crippen molar-refractivity contribution < 1.29 is 9.53 Å². The van der Waals surface area contributed by atoms with Crippen molar-refractivity contribution in [1.29, 1.82) is 5.26 Å². The molecule has 0 fully saturated rings. The van der Waals surface area contributed by atoms with Crippen molar-refractivity contribution in [3.05, 3.63) is 41.3 Å². The maximum absolute atomic E-state index is 12.4. The van der Waals surface area contributed by atoms with E-state index in [2.05, 4.69) is 21.4 Å². The lowest BCUT2D eigenvalue weighted by Crippen LogP contribution is -2.22. The molecular formula is C17H18N4O2S. The van der Waals surface area contributed by atoms with Gasteiger partial charge in [0.15, 0.2) is 0 Å². The van der Waals surface area contributed by atoms with Gasteiger partial charge in [0.2, 0.25) is 5.91 Å². The summed E-state index contributed by atoms with van der Waals surface area (Å²) in [4.78, 5) is 20.8. The highest BCUT2D eigenvalue weighted by atomic mass is 32.2. The van der Waals surface area contributed by atoms with Crippen LogP contribution in [0.5, 0.6) is 5.75 Å². The molecule has 2 aromatic rings. The van der Waals surface area contributed by atoms with Crippen LogP contribution in [0.25, 0.3) is 0 Å². The number of benzene rings is 1. The minimum Gasteiger partial charge on any atom is -0.497 e. The predicted molar refractivity (Wildman–Crippen MR) is 93.2 cm³/mol. The molecule has 0 radical (unpaired) electrons. The van der Waals surface area contributed by atoms with Gasteiger partial charge >= 0.3 is 0 Å². The van der Waals surface area contributed by atoms with Crippen molar-refractivity contribution in [1.82, 2.24) is 9.97 Å². The van der Waals surface area contributed by atoms with Crippen molar-refractivity contribution in [2.24, 2.45) is 0 Å².